The topological polar surface area (TPSA) is 76.8 Å². The molecule has 1 aliphatic carbocycles. The van der Waals surface area contributed by atoms with Gasteiger partial charge in [0.25, 0.3) is 0 Å². The molecule has 4 heteroatoms. The number of aliphatic imine (C=N–C) groups is 2. The van der Waals surface area contributed by atoms with Crippen LogP contribution in [0.25, 0.3) is 21.5 Å². The highest BCUT2D eigenvalue weighted by atomic mass is 14.8. The summed E-state index contributed by atoms with van der Waals surface area (Å²) >= 11 is 0. The minimum atomic E-state index is 0.767. The van der Waals surface area contributed by atoms with Gasteiger partial charge in [0.15, 0.2) is 0 Å². The smallest absolute Gasteiger partial charge is 0.0728 e. The maximum Gasteiger partial charge on any atom is 0.0728 e. The third-order valence-electron chi connectivity index (χ3n) is 5.73. The minimum Gasteiger partial charge on any atom is -0.398 e. The van der Waals surface area contributed by atoms with Gasteiger partial charge >= 0.3 is 0 Å². The summed E-state index contributed by atoms with van der Waals surface area (Å²) in [4.78, 5) is 10.0. The van der Waals surface area contributed by atoms with Crippen LogP contribution in [0.5, 0.6) is 0 Å². The Kier molecular flexibility index (Phi) is 4.68. The third-order valence-corrected chi connectivity index (χ3v) is 5.73. The van der Waals surface area contributed by atoms with Crippen molar-refractivity contribution in [2.24, 2.45) is 9.98 Å². The first-order chi connectivity index (χ1) is 14.7. The van der Waals surface area contributed by atoms with Gasteiger partial charge in [0.05, 0.1) is 11.4 Å². The number of hydrogen-bond donors (Lipinski definition) is 2. The zero-order valence-corrected chi connectivity index (χ0v) is 16.8. The number of hydrogen-bond acceptors (Lipinski definition) is 4. The summed E-state index contributed by atoms with van der Waals surface area (Å²) in [5.74, 6) is 0. The van der Waals surface area contributed by atoms with E-state index in [9.17, 15) is 0 Å². The molecule has 0 unspecified atom stereocenters. The third kappa shape index (κ3) is 3.41. The number of nitrogens with two attached hydrogens (primary N) is 2. The van der Waals surface area contributed by atoms with Crippen LogP contribution >= 0.6 is 0 Å². The lowest BCUT2D eigenvalue weighted by Gasteiger charge is -2.17. The molecule has 1 saturated carbocycles. The van der Waals surface area contributed by atoms with Crippen LogP contribution in [0.1, 0.15) is 25.7 Å². The Labute approximate surface area is 176 Å². The second-order valence-corrected chi connectivity index (χ2v) is 7.83. The number of nitrogen functional groups attached to an aromatic ring is 2. The summed E-state index contributed by atoms with van der Waals surface area (Å²) < 4.78 is 0. The van der Waals surface area contributed by atoms with E-state index in [-0.39, 0.29) is 0 Å². The molecule has 30 heavy (non-hydrogen) atoms. The lowest BCUT2D eigenvalue weighted by atomic mass is 9.95. The molecule has 0 amide bonds. The van der Waals surface area contributed by atoms with Crippen LogP contribution in [0.3, 0.4) is 0 Å². The number of benzene rings is 4. The van der Waals surface area contributed by atoms with Gasteiger partial charge in [-0.25, -0.2) is 0 Å². The maximum absolute atomic E-state index is 6.25. The SMILES string of the molecule is Nc1cccc2cccc(N=C3CCCC(=Nc4cccc5cccc(N)c45)C3)c12. The van der Waals surface area contributed by atoms with Crippen LogP contribution in [-0.2, 0) is 0 Å². The summed E-state index contributed by atoms with van der Waals surface area (Å²) in [5.41, 5.74) is 18.2. The van der Waals surface area contributed by atoms with Crippen LogP contribution in [0, 0.1) is 0 Å². The van der Waals surface area contributed by atoms with Crippen LogP contribution in [0.15, 0.2) is 82.8 Å². The largest absolute Gasteiger partial charge is 0.398 e. The van der Waals surface area contributed by atoms with Gasteiger partial charge in [0.1, 0.15) is 0 Å². The summed E-state index contributed by atoms with van der Waals surface area (Å²) in [6, 6.07) is 24.3. The molecule has 4 aromatic rings. The van der Waals surface area contributed by atoms with Crippen molar-refractivity contribution in [2.45, 2.75) is 25.7 Å². The van der Waals surface area contributed by atoms with E-state index in [1.54, 1.807) is 0 Å². The number of anilines is 2. The fraction of sp³-hybridized carbons (Fsp3) is 0.154. The van der Waals surface area contributed by atoms with Gasteiger partial charge in [0, 0.05) is 40.0 Å². The lowest BCUT2D eigenvalue weighted by Crippen LogP contribution is -2.14. The van der Waals surface area contributed by atoms with E-state index >= 15 is 0 Å². The Morgan fingerprint density at radius 1 is 0.567 bits per heavy atom. The highest BCUT2D eigenvalue weighted by Crippen LogP contribution is 2.34. The molecule has 0 aromatic heterocycles. The standard InChI is InChI=1S/C26H24N4/c27-21-12-1-6-17-8-3-14-23(25(17)21)29-19-10-5-11-20(16-19)30-24-15-4-9-18-7-2-13-22(28)26(18)24/h1-4,6-9,12-15H,5,10-11,16,27-28H2. The summed E-state index contributed by atoms with van der Waals surface area (Å²) in [7, 11) is 0. The fourth-order valence-corrected chi connectivity index (χ4v) is 4.33. The van der Waals surface area contributed by atoms with Crippen molar-refractivity contribution in [2.75, 3.05) is 11.5 Å². The molecule has 0 radical (unpaired) electrons. The Balaban J connectivity index is 1.52. The first-order valence-corrected chi connectivity index (χ1v) is 10.4. The van der Waals surface area contributed by atoms with Gasteiger partial charge in [-0.15, -0.1) is 0 Å². The molecule has 0 atom stereocenters. The molecule has 0 aliphatic heterocycles. The van der Waals surface area contributed by atoms with Gasteiger partial charge in [-0.2, -0.15) is 0 Å². The summed E-state index contributed by atoms with van der Waals surface area (Å²) in [6.07, 6.45) is 3.81. The van der Waals surface area contributed by atoms with Crippen molar-refractivity contribution in [3.8, 4) is 0 Å². The predicted octanol–water partition coefficient (Wildman–Crippen LogP) is 6.58. The molecule has 0 bridgehead atoms. The fourth-order valence-electron chi connectivity index (χ4n) is 4.33. The predicted molar refractivity (Wildman–Crippen MR) is 129 cm³/mol. The molecule has 5 rings (SSSR count). The van der Waals surface area contributed by atoms with Gasteiger partial charge in [-0.1, -0.05) is 48.5 Å². The van der Waals surface area contributed by atoms with Crippen molar-refractivity contribution in [3.05, 3.63) is 72.8 Å². The first kappa shape index (κ1) is 18.4. The van der Waals surface area contributed by atoms with Crippen LogP contribution in [0.2, 0.25) is 0 Å². The average Bonchev–Trinajstić information content (AvgIpc) is 2.75. The van der Waals surface area contributed by atoms with E-state index in [4.69, 9.17) is 21.5 Å². The van der Waals surface area contributed by atoms with Crippen molar-refractivity contribution in [1.82, 2.24) is 0 Å². The van der Waals surface area contributed by atoms with Crippen LogP contribution < -0.4 is 11.5 Å². The minimum absolute atomic E-state index is 0.767. The molecular weight excluding hydrogens is 368 g/mol. The second kappa shape index (κ2) is 7.64. The second-order valence-electron chi connectivity index (χ2n) is 7.83. The number of nitrogens with zero attached hydrogens (tertiary/aromatic N) is 2. The van der Waals surface area contributed by atoms with Gasteiger partial charge in [-0.05, 0) is 54.3 Å². The molecule has 0 saturated heterocycles. The molecule has 0 spiro atoms. The average molecular weight is 393 g/mol. The van der Waals surface area contributed by atoms with Crippen LogP contribution in [0.4, 0.5) is 22.7 Å². The van der Waals surface area contributed by atoms with E-state index in [0.29, 0.717) is 0 Å². The van der Waals surface area contributed by atoms with Gasteiger partial charge in [-0.3, -0.25) is 9.98 Å². The molecule has 4 N–H and O–H groups in total. The number of fused-ring (bicyclic) bond motifs is 2. The first-order valence-electron chi connectivity index (χ1n) is 10.4. The van der Waals surface area contributed by atoms with Crippen molar-refractivity contribution in [3.63, 3.8) is 0 Å². The molecule has 4 nitrogen and oxygen atoms in total. The molecule has 1 aliphatic rings. The van der Waals surface area contributed by atoms with Crippen molar-refractivity contribution < 1.29 is 0 Å². The zero-order chi connectivity index (χ0) is 20.5. The molecule has 148 valence electrons. The van der Waals surface area contributed by atoms with Gasteiger partial charge in [0.2, 0.25) is 0 Å². The lowest BCUT2D eigenvalue weighted by molar-refractivity contribution is 0.874. The maximum atomic E-state index is 6.25. The highest BCUT2D eigenvalue weighted by Gasteiger charge is 2.15. The monoisotopic (exact) mass is 392 g/mol. The van der Waals surface area contributed by atoms with Crippen molar-refractivity contribution >= 4 is 55.7 Å². The summed E-state index contributed by atoms with van der Waals surface area (Å²) in [5, 5.41) is 4.29. The Morgan fingerprint density at radius 2 is 1.00 bits per heavy atom. The summed E-state index contributed by atoms with van der Waals surface area (Å²) in [6.45, 7) is 0. The Hall–Kier alpha value is -3.66. The van der Waals surface area contributed by atoms with Gasteiger partial charge < -0.3 is 11.5 Å². The zero-order valence-electron chi connectivity index (χ0n) is 16.8. The Bertz CT molecular complexity index is 1210. The van der Waals surface area contributed by atoms with E-state index in [0.717, 1.165) is 81.4 Å². The molecular formula is C26H24N4. The van der Waals surface area contributed by atoms with Crippen LogP contribution in [-0.4, -0.2) is 11.4 Å². The van der Waals surface area contributed by atoms with E-state index in [1.807, 2.05) is 48.5 Å². The highest BCUT2D eigenvalue weighted by molar-refractivity contribution is 6.11. The Morgan fingerprint density at radius 3 is 1.47 bits per heavy atom. The quantitative estimate of drug-likeness (QED) is 0.378. The van der Waals surface area contributed by atoms with E-state index in [2.05, 4.69) is 24.3 Å². The number of rotatable bonds is 2. The molecule has 0 heterocycles. The normalized spacial score (nSPS) is 17.2. The molecule has 1 fully saturated rings. The van der Waals surface area contributed by atoms with E-state index < -0.39 is 0 Å². The van der Waals surface area contributed by atoms with E-state index in [1.165, 1.54) is 0 Å². The van der Waals surface area contributed by atoms with Crippen molar-refractivity contribution in [1.29, 1.82) is 0 Å². The molecule has 4 aromatic carbocycles.